The maximum absolute atomic E-state index is 12.0. The number of ether oxygens (including phenoxy) is 1. The van der Waals surface area contributed by atoms with E-state index in [0.29, 0.717) is 5.57 Å². The van der Waals surface area contributed by atoms with Gasteiger partial charge < -0.3 is 4.74 Å². The number of hydrogen-bond donors (Lipinski definition) is 0. The molecule has 2 rings (SSSR count). The molecule has 0 radical (unpaired) electrons. The van der Waals surface area contributed by atoms with E-state index in [1.165, 1.54) is 11.1 Å². The van der Waals surface area contributed by atoms with Crippen molar-refractivity contribution >= 4 is 5.97 Å². The summed E-state index contributed by atoms with van der Waals surface area (Å²) in [6.07, 6.45) is 5.03. The summed E-state index contributed by atoms with van der Waals surface area (Å²) in [4.78, 5) is 12.0. The van der Waals surface area contributed by atoms with E-state index in [4.69, 9.17) is 4.74 Å². The topological polar surface area (TPSA) is 26.3 Å². The molecule has 0 bridgehead atoms. The number of esters is 1. The molecule has 0 heterocycles. The van der Waals surface area contributed by atoms with Gasteiger partial charge in [0.25, 0.3) is 0 Å². The lowest BCUT2D eigenvalue weighted by Gasteiger charge is -2.33. The van der Waals surface area contributed by atoms with E-state index in [-0.39, 0.29) is 5.97 Å². The molecule has 0 amide bonds. The third-order valence-corrected chi connectivity index (χ3v) is 3.99. The molecule has 0 spiro atoms. The fourth-order valence-electron chi connectivity index (χ4n) is 2.85. The molecule has 1 aliphatic rings. The zero-order valence-corrected chi connectivity index (χ0v) is 11.9. The van der Waals surface area contributed by atoms with Gasteiger partial charge in [0, 0.05) is 5.57 Å². The zero-order chi connectivity index (χ0) is 13.9. The standard InChI is InChI=1S/C17H22O2/c1-4-17(19-16(18)13(2)3)12-8-7-10-14-9-5-6-11-15(14)17/h5-6,9,11H,2,4,7-8,10,12H2,1,3H3. The summed E-state index contributed by atoms with van der Waals surface area (Å²) >= 11 is 0. The van der Waals surface area contributed by atoms with Gasteiger partial charge in [-0.2, -0.15) is 0 Å². The lowest BCUT2D eigenvalue weighted by atomic mass is 9.85. The predicted octanol–water partition coefficient (Wildman–Crippen LogP) is 4.14. The van der Waals surface area contributed by atoms with Crippen molar-refractivity contribution in [2.45, 2.75) is 51.6 Å². The molecule has 0 saturated heterocycles. The van der Waals surface area contributed by atoms with Gasteiger partial charge in [-0.15, -0.1) is 0 Å². The zero-order valence-electron chi connectivity index (χ0n) is 11.9. The monoisotopic (exact) mass is 258 g/mol. The maximum Gasteiger partial charge on any atom is 0.333 e. The van der Waals surface area contributed by atoms with Crippen LogP contribution in [0, 0.1) is 0 Å². The van der Waals surface area contributed by atoms with Crippen molar-refractivity contribution in [3.63, 3.8) is 0 Å². The fraction of sp³-hybridized carbons (Fsp3) is 0.471. The Morgan fingerprint density at radius 2 is 2.11 bits per heavy atom. The molecule has 1 unspecified atom stereocenters. The minimum Gasteiger partial charge on any atom is -0.451 e. The second kappa shape index (κ2) is 5.60. The van der Waals surface area contributed by atoms with E-state index in [9.17, 15) is 4.79 Å². The molecule has 0 fully saturated rings. The summed E-state index contributed by atoms with van der Waals surface area (Å²) in [5.41, 5.74) is 2.50. The Morgan fingerprint density at radius 3 is 2.79 bits per heavy atom. The highest BCUT2D eigenvalue weighted by Crippen LogP contribution is 2.40. The molecule has 1 atom stereocenters. The van der Waals surface area contributed by atoms with Crippen LogP contribution in [0.5, 0.6) is 0 Å². The Kier molecular flexibility index (Phi) is 4.08. The lowest BCUT2D eigenvalue weighted by molar-refractivity contribution is -0.157. The molecule has 0 aromatic heterocycles. The molecule has 102 valence electrons. The van der Waals surface area contributed by atoms with Gasteiger partial charge in [0.05, 0.1) is 0 Å². The van der Waals surface area contributed by atoms with Crippen LogP contribution in [0.15, 0.2) is 36.4 Å². The summed E-state index contributed by atoms with van der Waals surface area (Å²) in [7, 11) is 0. The van der Waals surface area contributed by atoms with Crippen molar-refractivity contribution in [3.05, 3.63) is 47.5 Å². The second-order valence-electron chi connectivity index (χ2n) is 5.38. The van der Waals surface area contributed by atoms with Crippen LogP contribution >= 0.6 is 0 Å². The van der Waals surface area contributed by atoms with Crippen LogP contribution in [0.25, 0.3) is 0 Å². The van der Waals surface area contributed by atoms with E-state index in [1.54, 1.807) is 6.92 Å². The molecule has 0 N–H and O–H groups in total. The minimum atomic E-state index is -0.469. The Balaban J connectivity index is 2.43. The van der Waals surface area contributed by atoms with Crippen molar-refractivity contribution in [3.8, 4) is 0 Å². The molecule has 0 saturated carbocycles. The van der Waals surface area contributed by atoms with Gasteiger partial charge in [-0.05, 0) is 50.2 Å². The van der Waals surface area contributed by atoms with Crippen LogP contribution in [-0.2, 0) is 21.6 Å². The third kappa shape index (κ3) is 2.73. The first-order valence-corrected chi connectivity index (χ1v) is 7.06. The summed E-state index contributed by atoms with van der Waals surface area (Å²) in [5.74, 6) is -0.279. The number of benzene rings is 1. The number of carbonyl (C=O) groups excluding carboxylic acids is 1. The van der Waals surface area contributed by atoms with E-state index in [1.807, 2.05) is 6.07 Å². The smallest absolute Gasteiger partial charge is 0.333 e. The van der Waals surface area contributed by atoms with Gasteiger partial charge in [-0.3, -0.25) is 0 Å². The van der Waals surface area contributed by atoms with Crippen LogP contribution < -0.4 is 0 Å². The van der Waals surface area contributed by atoms with Crippen LogP contribution in [0.3, 0.4) is 0 Å². The first kappa shape index (κ1) is 13.9. The predicted molar refractivity (Wildman–Crippen MR) is 76.9 cm³/mol. The van der Waals surface area contributed by atoms with Gasteiger partial charge >= 0.3 is 5.97 Å². The normalized spacial score (nSPS) is 22.2. The third-order valence-electron chi connectivity index (χ3n) is 3.99. The van der Waals surface area contributed by atoms with Crippen LogP contribution in [0.2, 0.25) is 0 Å². The number of carbonyl (C=O) groups is 1. The molecule has 1 aromatic carbocycles. The number of hydrogen-bond acceptors (Lipinski definition) is 2. The molecule has 1 aromatic rings. The van der Waals surface area contributed by atoms with Gasteiger partial charge in [0.1, 0.15) is 5.60 Å². The van der Waals surface area contributed by atoms with Crippen LogP contribution in [0.1, 0.15) is 50.7 Å². The van der Waals surface area contributed by atoms with E-state index >= 15 is 0 Å². The first-order valence-electron chi connectivity index (χ1n) is 7.06. The lowest BCUT2D eigenvalue weighted by Crippen LogP contribution is -2.32. The Bertz CT molecular complexity index is 490. The SMILES string of the molecule is C=C(C)C(=O)OC1(CC)CCCCc2ccccc21. The van der Waals surface area contributed by atoms with Gasteiger partial charge in [-0.25, -0.2) is 4.79 Å². The second-order valence-corrected chi connectivity index (χ2v) is 5.38. The average Bonchev–Trinajstić information content (AvgIpc) is 2.59. The van der Waals surface area contributed by atoms with Crippen molar-refractivity contribution in [1.82, 2.24) is 0 Å². The highest BCUT2D eigenvalue weighted by molar-refractivity contribution is 5.87. The Hall–Kier alpha value is -1.57. The summed E-state index contributed by atoms with van der Waals surface area (Å²) < 4.78 is 5.86. The molecular formula is C17H22O2. The highest BCUT2D eigenvalue weighted by atomic mass is 16.6. The van der Waals surface area contributed by atoms with Crippen molar-refractivity contribution in [2.24, 2.45) is 0 Å². The minimum absolute atomic E-state index is 0.279. The van der Waals surface area contributed by atoms with Crippen LogP contribution in [0.4, 0.5) is 0 Å². The fourth-order valence-corrected chi connectivity index (χ4v) is 2.85. The van der Waals surface area contributed by atoms with E-state index < -0.39 is 5.60 Å². The Morgan fingerprint density at radius 1 is 1.37 bits per heavy atom. The maximum atomic E-state index is 12.0. The van der Waals surface area contributed by atoms with Crippen molar-refractivity contribution in [2.75, 3.05) is 0 Å². The van der Waals surface area contributed by atoms with E-state index in [0.717, 1.165) is 32.1 Å². The summed E-state index contributed by atoms with van der Waals surface area (Å²) in [6, 6.07) is 8.35. The van der Waals surface area contributed by atoms with Crippen LogP contribution in [-0.4, -0.2) is 5.97 Å². The van der Waals surface area contributed by atoms with E-state index in [2.05, 4.69) is 31.7 Å². The van der Waals surface area contributed by atoms with Gasteiger partial charge in [0.15, 0.2) is 0 Å². The average molecular weight is 258 g/mol. The number of rotatable bonds is 3. The molecular weight excluding hydrogens is 236 g/mol. The molecule has 2 nitrogen and oxygen atoms in total. The molecule has 0 aliphatic heterocycles. The van der Waals surface area contributed by atoms with Gasteiger partial charge in [0.2, 0.25) is 0 Å². The summed E-state index contributed by atoms with van der Waals surface area (Å²) in [5, 5.41) is 0. The van der Waals surface area contributed by atoms with Crippen molar-refractivity contribution < 1.29 is 9.53 Å². The van der Waals surface area contributed by atoms with Gasteiger partial charge in [-0.1, -0.05) is 37.8 Å². The first-order chi connectivity index (χ1) is 9.09. The Labute approximate surface area is 115 Å². The molecule has 2 heteroatoms. The summed E-state index contributed by atoms with van der Waals surface area (Å²) in [6.45, 7) is 7.48. The van der Waals surface area contributed by atoms with Crippen molar-refractivity contribution in [1.29, 1.82) is 0 Å². The number of fused-ring (bicyclic) bond motifs is 1. The highest BCUT2D eigenvalue weighted by Gasteiger charge is 2.37. The number of aryl methyl sites for hydroxylation is 1. The molecule has 1 aliphatic carbocycles. The molecule has 19 heavy (non-hydrogen) atoms. The quantitative estimate of drug-likeness (QED) is 0.463. The largest absolute Gasteiger partial charge is 0.451 e.